The Kier molecular flexibility index (Phi) is 0.746. The lowest BCUT2D eigenvalue weighted by Gasteiger charge is -2.52. The average Bonchev–Trinajstić information content (AvgIpc) is 1.58. The van der Waals surface area contributed by atoms with E-state index >= 15 is 0 Å². The van der Waals surface area contributed by atoms with Gasteiger partial charge in [0.25, 0.3) is 0 Å². The first-order chi connectivity index (χ1) is 3.83. The molecule has 2 heteroatoms. The van der Waals surface area contributed by atoms with Crippen LogP contribution in [-0.4, -0.2) is 24.4 Å². The van der Waals surface area contributed by atoms with Crippen LogP contribution in [-0.2, 0) is 4.74 Å². The first-order valence-electron chi connectivity index (χ1n) is 3.09. The minimum absolute atomic E-state index is 0.0451. The van der Waals surface area contributed by atoms with Crippen molar-refractivity contribution in [2.45, 2.75) is 18.9 Å². The summed E-state index contributed by atoms with van der Waals surface area (Å²) in [6.07, 6.45) is 2.12. The molecule has 0 aromatic carbocycles. The molecule has 1 atom stereocenters. The number of aliphatic hydroxyl groups is 1. The van der Waals surface area contributed by atoms with Crippen LogP contribution < -0.4 is 0 Å². The minimum atomic E-state index is -0.0451. The summed E-state index contributed by atoms with van der Waals surface area (Å²) in [5.41, 5.74) is 0.236. The molecular weight excluding hydrogens is 104 g/mol. The molecule has 8 heavy (non-hydrogen) atoms. The molecule has 46 valence electrons. The summed E-state index contributed by atoms with van der Waals surface area (Å²) in [7, 11) is 0. The van der Waals surface area contributed by atoms with Crippen molar-refractivity contribution in [1.82, 2.24) is 0 Å². The molecule has 1 aliphatic heterocycles. The quantitative estimate of drug-likeness (QED) is 0.486. The number of ether oxygens (including phenoxy) is 1. The summed E-state index contributed by atoms with van der Waals surface area (Å²) in [6.45, 7) is 1.60. The molecule has 1 heterocycles. The number of hydrogen-bond acceptors (Lipinski definition) is 2. The van der Waals surface area contributed by atoms with Crippen molar-refractivity contribution >= 4 is 0 Å². The number of rotatable bonds is 0. The Morgan fingerprint density at radius 3 is 2.25 bits per heavy atom. The maximum Gasteiger partial charge on any atom is 0.0641 e. The van der Waals surface area contributed by atoms with E-state index < -0.39 is 0 Å². The number of hydrogen-bond donors (Lipinski definition) is 1. The van der Waals surface area contributed by atoms with E-state index in [1.165, 1.54) is 6.42 Å². The third-order valence-corrected chi connectivity index (χ3v) is 2.40. The first-order valence-corrected chi connectivity index (χ1v) is 3.09. The van der Waals surface area contributed by atoms with Gasteiger partial charge in [0.1, 0.15) is 0 Å². The van der Waals surface area contributed by atoms with Crippen molar-refractivity contribution in [1.29, 1.82) is 0 Å². The SMILES string of the molecule is OC1CCC12COC2. The molecule has 1 spiro atoms. The van der Waals surface area contributed by atoms with Gasteiger partial charge in [0, 0.05) is 5.41 Å². The molecule has 1 saturated carbocycles. The Balaban J connectivity index is 2.03. The van der Waals surface area contributed by atoms with Crippen LogP contribution in [0.5, 0.6) is 0 Å². The Bertz CT molecular complexity index is 102. The Hall–Kier alpha value is -0.0800. The van der Waals surface area contributed by atoms with Crippen molar-refractivity contribution in [3.05, 3.63) is 0 Å². The molecule has 1 saturated heterocycles. The van der Waals surface area contributed by atoms with Gasteiger partial charge in [-0.1, -0.05) is 0 Å². The van der Waals surface area contributed by atoms with E-state index in [0.29, 0.717) is 0 Å². The lowest BCUT2D eigenvalue weighted by molar-refractivity contribution is -0.221. The average molecular weight is 114 g/mol. The summed E-state index contributed by atoms with van der Waals surface area (Å²) in [5.74, 6) is 0. The Morgan fingerprint density at radius 1 is 1.50 bits per heavy atom. The molecule has 2 nitrogen and oxygen atoms in total. The van der Waals surface area contributed by atoms with E-state index in [9.17, 15) is 0 Å². The zero-order valence-electron chi connectivity index (χ0n) is 4.76. The lowest BCUT2D eigenvalue weighted by Crippen LogP contribution is -2.58. The second-order valence-electron chi connectivity index (χ2n) is 2.91. The topological polar surface area (TPSA) is 29.5 Å². The summed E-state index contributed by atoms with van der Waals surface area (Å²) >= 11 is 0. The zero-order valence-corrected chi connectivity index (χ0v) is 4.76. The molecule has 1 aliphatic carbocycles. The van der Waals surface area contributed by atoms with Gasteiger partial charge >= 0.3 is 0 Å². The zero-order chi connectivity index (χ0) is 5.61. The van der Waals surface area contributed by atoms with Gasteiger partial charge in [0.15, 0.2) is 0 Å². The van der Waals surface area contributed by atoms with E-state index in [4.69, 9.17) is 9.84 Å². The third kappa shape index (κ3) is 0.361. The molecule has 1 N–H and O–H groups in total. The first kappa shape index (κ1) is 4.77. The van der Waals surface area contributed by atoms with Gasteiger partial charge in [-0.3, -0.25) is 0 Å². The van der Waals surface area contributed by atoms with Crippen LogP contribution in [0, 0.1) is 5.41 Å². The third-order valence-electron chi connectivity index (χ3n) is 2.40. The van der Waals surface area contributed by atoms with Gasteiger partial charge < -0.3 is 9.84 Å². The van der Waals surface area contributed by atoms with Crippen LogP contribution in [0.1, 0.15) is 12.8 Å². The smallest absolute Gasteiger partial charge is 0.0641 e. The van der Waals surface area contributed by atoms with E-state index in [-0.39, 0.29) is 11.5 Å². The standard InChI is InChI=1S/C6H10O2/c7-5-1-2-6(5)3-8-4-6/h5,7H,1-4H2. The maximum absolute atomic E-state index is 9.14. The number of aliphatic hydroxyl groups excluding tert-OH is 1. The van der Waals surface area contributed by atoms with Crippen LogP contribution in [0.4, 0.5) is 0 Å². The summed E-state index contributed by atoms with van der Waals surface area (Å²) in [5, 5.41) is 9.14. The van der Waals surface area contributed by atoms with Crippen LogP contribution in [0.2, 0.25) is 0 Å². The fourth-order valence-electron chi connectivity index (χ4n) is 1.38. The fraction of sp³-hybridized carbons (Fsp3) is 1.00. The predicted octanol–water partition coefficient (Wildman–Crippen LogP) is 0.158. The van der Waals surface area contributed by atoms with Crippen molar-refractivity contribution < 1.29 is 9.84 Å². The van der Waals surface area contributed by atoms with Gasteiger partial charge in [0.2, 0.25) is 0 Å². The van der Waals surface area contributed by atoms with Crippen molar-refractivity contribution in [2.24, 2.45) is 5.41 Å². The molecule has 2 rings (SSSR count). The molecule has 0 aromatic rings. The van der Waals surface area contributed by atoms with Gasteiger partial charge in [0.05, 0.1) is 19.3 Å². The van der Waals surface area contributed by atoms with Gasteiger partial charge in [-0.05, 0) is 12.8 Å². The minimum Gasteiger partial charge on any atom is -0.392 e. The normalized spacial score (nSPS) is 40.9. The van der Waals surface area contributed by atoms with E-state index in [1.807, 2.05) is 0 Å². The van der Waals surface area contributed by atoms with Crippen LogP contribution >= 0.6 is 0 Å². The highest BCUT2D eigenvalue weighted by Gasteiger charge is 2.51. The highest BCUT2D eigenvalue weighted by atomic mass is 16.5. The Labute approximate surface area is 48.5 Å². The van der Waals surface area contributed by atoms with Crippen molar-refractivity contribution in [2.75, 3.05) is 13.2 Å². The van der Waals surface area contributed by atoms with Gasteiger partial charge in [-0.2, -0.15) is 0 Å². The highest BCUT2D eigenvalue weighted by Crippen LogP contribution is 2.46. The lowest BCUT2D eigenvalue weighted by atomic mass is 9.65. The van der Waals surface area contributed by atoms with Crippen LogP contribution in [0.25, 0.3) is 0 Å². The fourth-order valence-corrected chi connectivity index (χ4v) is 1.38. The van der Waals surface area contributed by atoms with E-state index in [2.05, 4.69) is 0 Å². The van der Waals surface area contributed by atoms with Gasteiger partial charge in [-0.25, -0.2) is 0 Å². The molecule has 2 aliphatic rings. The van der Waals surface area contributed by atoms with Gasteiger partial charge in [-0.15, -0.1) is 0 Å². The molecule has 0 aromatic heterocycles. The van der Waals surface area contributed by atoms with E-state index in [1.54, 1.807) is 0 Å². The second kappa shape index (κ2) is 1.25. The predicted molar refractivity (Wildman–Crippen MR) is 28.5 cm³/mol. The monoisotopic (exact) mass is 114 g/mol. The summed E-state index contributed by atoms with van der Waals surface area (Å²) in [6, 6.07) is 0. The summed E-state index contributed by atoms with van der Waals surface area (Å²) in [4.78, 5) is 0. The second-order valence-corrected chi connectivity index (χ2v) is 2.91. The van der Waals surface area contributed by atoms with Crippen molar-refractivity contribution in [3.63, 3.8) is 0 Å². The highest BCUT2D eigenvalue weighted by molar-refractivity contribution is 5.00. The maximum atomic E-state index is 9.14. The summed E-state index contributed by atoms with van der Waals surface area (Å²) < 4.78 is 4.99. The molecule has 2 fully saturated rings. The van der Waals surface area contributed by atoms with Crippen LogP contribution in [0.15, 0.2) is 0 Å². The van der Waals surface area contributed by atoms with Crippen molar-refractivity contribution in [3.8, 4) is 0 Å². The Morgan fingerprint density at radius 2 is 2.25 bits per heavy atom. The van der Waals surface area contributed by atoms with E-state index in [0.717, 1.165) is 19.6 Å². The molecule has 0 radical (unpaired) electrons. The molecule has 0 bridgehead atoms. The largest absolute Gasteiger partial charge is 0.392 e. The molecule has 0 amide bonds. The molecule has 1 unspecified atom stereocenters. The van der Waals surface area contributed by atoms with Crippen LogP contribution in [0.3, 0.4) is 0 Å². The molecular formula is C6H10O2.